The molecular weight excluding hydrogens is 245 g/mol. The van der Waals surface area contributed by atoms with E-state index in [0.29, 0.717) is 12.2 Å². The molecule has 0 heterocycles. The molecule has 0 aromatic heterocycles. The van der Waals surface area contributed by atoms with E-state index in [9.17, 15) is 9.90 Å². The van der Waals surface area contributed by atoms with Gasteiger partial charge in [0.1, 0.15) is 5.75 Å². The monoisotopic (exact) mass is 261 g/mol. The molecule has 0 radical (unpaired) electrons. The van der Waals surface area contributed by atoms with Gasteiger partial charge in [-0.3, -0.25) is 4.79 Å². The third-order valence-corrected chi connectivity index (χ3v) is 4.03. The van der Waals surface area contributed by atoms with E-state index in [4.69, 9.17) is 5.73 Å². The van der Waals surface area contributed by atoms with Crippen LogP contribution in [-0.2, 0) is 11.0 Å². The molecule has 18 heavy (non-hydrogen) atoms. The van der Waals surface area contributed by atoms with Gasteiger partial charge in [0.15, 0.2) is 0 Å². The molecule has 0 aliphatic carbocycles. The largest absolute Gasteiger partial charge is 0.508 e. The molecule has 0 spiro atoms. The minimum atomic E-state index is -0.225. The Labute approximate surface area is 108 Å². The predicted molar refractivity (Wildman–Crippen MR) is 76.3 cm³/mol. The Morgan fingerprint density at radius 3 is 2.67 bits per heavy atom. The Kier molecular flexibility index (Phi) is 4.16. The zero-order valence-electron chi connectivity index (χ0n) is 10.0. The van der Waals surface area contributed by atoms with E-state index in [-0.39, 0.29) is 5.91 Å². The highest BCUT2D eigenvalue weighted by molar-refractivity contribution is 7.37. The molecule has 0 aliphatic heterocycles. The fourth-order valence-electron chi connectivity index (χ4n) is 1.84. The van der Waals surface area contributed by atoms with Crippen molar-refractivity contribution in [2.45, 2.75) is 12.6 Å². The van der Waals surface area contributed by atoms with Crippen LogP contribution in [0.15, 0.2) is 36.4 Å². The van der Waals surface area contributed by atoms with Gasteiger partial charge in [0.25, 0.3) is 0 Å². The number of aromatic hydroxyl groups is 1. The number of rotatable bonds is 5. The molecule has 0 saturated carbocycles. The summed E-state index contributed by atoms with van der Waals surface area (Å²) in [6.07, 6.45) is 2.31. The highest BCUT2D eigenvalue weighted by atomic mass is 31.1. The van der Waals surface area contributed by atoms with E-state index in [1.807, 2.05) is 12.1 Å². The van der Waals surface area contributed by atoms with Crippen LogP contribution in [0, 0.1) is 0 Å². The third-order valence-electron chi connectivity index (χ3n) is 2.77. The van der Waals surface area contributed by atoms with Gasteiger partial charge in [-0.2, -0.15) is 0 Å². The van der Waals surface area contributed by atoms with Crippen molar-refractivity contribution in [1.29, 1.82) is 0 Å². The number of primary amides is 1. The summed E-state index contributed by atoms with van der Waals surface area (Å²) in [5.74, 6) is 0.0649. The number of hydrogen-bond acceptors (Lipinski definition) is 2. The molecule has 1 amide bonds. The molecule has 2 rings (SSSR count). The molecule has 3 N–H and O–H groups in total. The number of nitrogens with two attached hydrogens (primary N) is 1. The summed E-state index contributed by atoms with van der Waals surface area (Å²) in [5, 5.41) is 11.6. The Morgan fingerprint density at radius 2 is 1.89 bits per heavy atom. The van der Waals surface area contributed by atoms with Crippen LogP contribution >= 0.6 is 8.58 Å². The highest BCUT2D eigenvalue weighted by Crippen LogP contribution is 2.25. The number of phenols is 1. The number of phenolic OH excluding ortho intramolecular Hbond substituents is 1. The van der Waals surface area contributed by atoms with E-state index in [1.54, 1.807) is 12.1 Å². The van der Waals surface area contributed by atoms with Gasteiger partial charge in [0.2, 0.25) is 5.91 Å². The highest BCUT2D eigenvalue weighted by Gasteiger charge is 1.99. The van der Waals surface area contributed by atoms with Crippen molar-refractivity contribution in [2.75, 3.05) is 6.16 Å². The summed E-state index contributed by atoms with van der Waals surface area (Å²) < 4.78 is 0. The maximum atomic E-state index is 10.6. The average Bonchev–Trinajstić information content (AvgIpc) is 2.34. The van der Waals surface area contributed by atoms with E-state index < -0.39 is 0 Å². The first-order chi connectivity index (χ1) is 8.65. The van der Waals surface area contributed by atoms with Crippen LogP contribution in [0.4, 0.5) is 0 Å². The smallest absolute Gasteiger partial charge is 0.217 e. The molecular formula is C14H16NO2P. The number of hydrogen-bond donors (Lipinski definition) is 2. The molecule has 2 aromatic carbocycles. The molecule has 0 fully saturated rings. The fourth-order valence-corrected chi connectivity index (χ4v) is 2.95. The number of carbonyl (C=O) groups excluding carboxylic acids is 1. The lowest BCUT2D eigenvalue weighted by atomic mass is 10.1. The molecule has 1 unspecified atom stereocenters. The molecule has 0 bridgehead atoms. The summed E-state index contributed by atoms with van der Waals surface area (Å²) in [6, 6.07) is 11.6. The maximum Gasteiger partial charge on any atom is 0.217 e. The minimum Gasteiger partial charge on any atom is -0.508 e. The Hall–Kier alpha value is -1.60. The summed E-state index contributed by atoms with van der Waals surface area (Å²) in [4.78, 5) is 10.6. The van der Waals surface area contributed by atoms with Gasteiger partial charge >= 0.3 is 0 Å². The standard InChI is InChI=1S/C14H16NO2P/c15-14(17)5-6-18-9-10-1-2-12-8-13(16)4-3-11(12)7-10/h1-4,7-8,16,18H,5-6,9H2,(H2,15,17). The lowest BCUT2D eigenvalue weighted by Crippen LogP contribution is -2.10. The van der Waals surface area contributed by atoms with Gasteiger partial charge < -0.3 is 10.8 Å². The zero-order chi connectivity index (χ0) is 13.0. The van der Waals surface area contributed by atoms with Crippen molar-refractivity contribution >= 4 is 25.3 Å². The molecule has 1 atom stereocenters. The molecule has 2 aromatic rings. The first-order valence-corrected chi connectivity index (χ1v) is 7.27. The fraction of sp³-hybridized carbons (Fsp3) is 0.214. The van der Waals surface area contributed by atoms with E-state index in [0.717, 1.165) is 31.7 Å². The number of carbonyl (C=O) groups is 1. The second kappa shape index (κ2) is 5.83. The van der Waals surface area contributed by atoms with Gasteiger partial charge in [0.05, 0.1) is 0 Å². The maximum absolute atomic E-state index is 10.6. The lowest BCUT2D eigenvalue weighted by molar-refractivity contribution is -0.117. The molecule has 0 aliphatic rings. The molecule has 0 saturated heterocycles. The van der Waals surface area contributed by atoms with Crippen LogP contribution in [-0.4, -0.2) is 17.2 Å². The summed E-state index contributed by atoms with van der Waals surface area (Å²) >= 11 is 0. The van der Waals surface area contributed by atoms with Crippen LogP contribution in [0.3, 0.4) is 0 Å². The van der Waals surface area contributed by atoms with Crippen molar-refractivity contribution in [3.63, 3.8) is 0 Å². The van der Waals surface area contributed by atoms with Crippen molar-refractivity contribution in [1.82, 2.24) is 0 Å². The Morgan fingerprint density at radius 1 is 1.17 bits per heavy atom. The molecule has 94 valence electrons. The van der Waals surface area contributed by atoms with Gasteiger partial charge in [-0.05, 0) is 40.8 Å². The lowest BCUT2D eigenvalue weighted by Gasteiger charge is -2.04. The predicted octanol–water partition coefficient (Wildman–Crippen LogP) is 2.60. The summed E-state index contributed by atoms with van der Waals surface area (Å²) in [7, 11) is 0.721. The first-order valence-electron chi connectivity index (χ1n) is 5.86. The van der Waals surface area contributed by atoms with Crippen LogP contribution in [0.1, 0.15) is 12.0 Å². The summed E-state index contributed by atoms with van der Waals surface area (Å²) in [6.45, 7) is 0. The van der Waals surface area contributed by atoms with Crippen molar-refractivity contribution in [3.05, 3.63) is 42.0 Å². The first kappa shape index (κ1) is 12.8. The van der Waals surface area contributed by atoms with Crippen molar-refractivity contribution in [2.24, 2.45) is 5.73 Å². The van der Waals surface area contributed by atoms with Crippen LogP contribution in [0.2, 0.25) is 0 Å². The second-order valence-corrected chi connectivity index (χ2v) is 5.61. The van der Waals surface area contributed by atoms with Crippen LogP contribution in [0.25, 0.3) is 10.8 Å². The SMILES string of the molecule is NC(=O)CCPCc1ccc2cc(O)ccc2c1. The molecule has 4 heteroatoms. The van der Waals surface area contributed by atoms with Crippen molar-refractivity contribution < 1.29 is 9.90 Å². The third kappa shape index (κ3) is 3.44. The van der Waals surface area contributed by atoms with Gasteiger partial charge in [-0.25, -0.2) is 0 Å². The Bertz CT molecular complexity index is 569. The second-order valence-electron chi connectivity index (χ2n) is 4.26. The Balaban J connectivity index is 2.01. The topological polar surface area (TPSA) is 63.3 Å². The molecule has 3 nitrogen and oxygen atoms in total. The minimum absolute atomic E-state index is 0.225. The average molecular weight is 261 g/mol. The van der Waals surface area contributed by atoms with Crippen LogP contribution in [0.5, 0.6) is 5.75 Å². The van der Waals surface area contributed by atoms with Gasteiger partial charge in [-0.15, -0.1) is 8.58 Å². The van der Waals surface area contributed by atoms with Crippen LogP contribution < -0.4 is 5.73 Å². The zero-order valence-corrected chi connectivity index (χ0v) is 11.0. The van der Waals surface area contributed by atoms with Crippen molar-refractivity contribution in [3.8, 4) is 5.75 Å². The van der Waals surface area contributed by atoms with Gasteiger partial charge in [0, 0.05) is 6.42 Å². The quantitative estimate of drug-likeness (QED) is 0.642. The summed E-state index contributed by atoms with van der Waals surface area (Å²) in [5.41, 5.74) is 6.36. The number of benzene rings is 2. The normalized spacial score (nSPS) is 11.3. The van der Waals surface area contributed by atoms with E-state index >= 15 is 0 Å². The number of amides is 1. The van der Waals surface area contributed by atoms with Gasteiger partial charge in [-0.1, -0.05) is 24.3 Å². The van der Waals surface area contributed by atoms with E-state index in [2.05, 4.69) is 12.1 Å². The van der Waals surface area contributed by atoms with E-state index in [1.165, 1.54) is 5.56 Å². The number of fused-ring (bicyclic) bond motifs is 1.